The van der Waals surface area contributed by atoms with Gasteiger partial charge in [0.2, 0.25) is 11.8 Å². The second-order valence-corrected chi connectivity index (χ2v) is 5.80. The first-order chi connectivity index (χ1) is 11.1. The summed E-state index contributed by atoms with van der Waals surface area (Å²) in [7, 11) is 0. The Kier molecular flexibility index (Phi) is 6.54. The van der Waals surface area contributed by atoms with E-state index in [2.05, 4.69) is 19.9 Å². The van der Waals surface area contributed by atoms with Crippen LogP contribution in [0.3, 0.4) is 0 Å². The van der Waals surface area contributed by atoms with E-state index in [1.54, 1.807) is 11.0 Å². The molecule has 8 heteroatoms. The Morgan fingerprint density at radius 1 is 1.39 bits per heavy atom. The van der Waals surface area contributed by atoms with Crippen LogP contribution in [0.4, 0.5) is 5.82 Å². The van der Waals surface area contributed by atoms with Gasteiger partial charge in [-0.2, -0.15) is 0 Å². The van der Waals surface area contributed by atoms with Gasteiger partial charge in [0.1, 0.15) is 6.26 Å². The number of anilines is 1. The second-order valence-electron chi connectivity index (χ2n) is 5.80. The molecule has 0 aromatic carbocycles. The minimum Gasteiger partial charge on any atom is -0.379 e. The van der Waals surface area contributed by atoms with Crippen molar-refractivity contribution in [3.63, 3.8) is 0 Å². The zero-order valence-electron chi connectivity index (χ0n) is 13.7. The average molecular weight is 324 g/mol. The molecule has 0 spiro atoms. The Labute approximate surface area is 135 Å². The molecule has 1 aliphatic heterocycles. The molecule has 0 bridgehead atoms. The van der Waals surface area contributed by atoms with E-state index in [0.717, 1.165) is 19.6 Å². The highest BCUT2D eigenvalue weighted by atomic mass is 16.5. The van der Waals surface area contributed by atoms with Crippen LogP contribution in [0.15, 0.2) is 16.9 Å². The number of amides is 2. The summed E-state index contributed by atoms with van der Waals surface area (Å²) in [6.07, 6.45) is 1.38. The Bertz CT molecular complexity index is 498. The first-order valence-corrected chi connectivity index (χ1v) is 7.85. The van der Waals surface area contributed by atoms with Crippen molar-refractivity contribution in [3.8, 4) is 0 Å². The number of morpholine rings is 1. The SMILES string of the molecule is CC(C)C(=O)N(CCN1CCOCC1)CC(=O)Nc1ccon1. The standard InChI is InChI=1S/C15H24N4O4/c1-12(2)15(21)19(5-4-18-6-9-22-10-7-18)11-14(20)16-13-3-8-23-17-13/h3,8,12H,4-7,9-11H2,1-2H3,(H,16,17,20). The van der Waals surface area contributed by atoms with Gasteiger partial charge in [-0.05, 0) is 0 Å². The molecule has 8 nitrogen and oxygen atoms in total. The van der Waals surface area contributed by atoms with Gasteiger partial charge in [0.25, 0.3) is 0 Å². The van der Waals surface area contributed by atoms with Crippen molar-refractivity contribution in [1.82, 2.24) is 15.0 Å². The largest absolute Gasteiger partial charge is 0.379 e. The number of nitrogens with one attached hydrogen (secondary N) is 1. The maximum absolute atomic E-state index is 12.3. The van der Waals surface area contributed by atoms with Crippen molar-refractivity contribution in [2.24, 2.45) is 5.92 Å². The van der Waals surface area contributed by atoms with Crippen LogP contribution < -0.4 is 5.32 Å². The summed E-state index contributed by atoms with van der Waals surface area (Å²) < 4.78 is 9.98. The number of rotatable bonds is 7. The fourth-order valence-electron chi connectivity index (χ4n) is 2.35. The lowest BCUT2D eigenvalue weighted by Gasteiger charge is -2.30. The fraction of sp³-hybridized carbons (Fsp3) is 0.667. The molecule has 2 rings (SSSR count). The first kappa shape index (κ1) is 17.4. The molecule has 1 N–H and O–H groups in total. The van der Waals surface area contributed by atoms with Crippen LogP contribution in [-0.4, -0.2) is 72.7 Å². The Morgan fingerprint density at radius 3 is 2.74 bits per heavy atom. The summed E-state index contributed by atoms with van der Waals surface area (Å²) in [6.45, 7) is 8.06. The first-order valence-electron chi connectivity index (χ1n) is 7.85. The molecule has 1 aromatic rings. The van der Waals surface area contributed by atoms with Gasteiger partial charge in [0.05, 0.1) is 19.8 Å². The van der Waals surface area contributed by atoms with E-state index in [1.807, 2.05) is 13.8 Å². The lowest BCUT2D eigenvalue weighted by Crippen LogP contribution is -2.46. The summed E-state index contributed by atoms with van der Waals surface area (Å²) in [4.78, 5) is 28.2. The van der Waals surface area contributed by atoms with Gasteiger partial charge in [-0.15, -0.1) is 0 Å². The van der Waals surface area contributed by atoms with E-state index in [4.69, 9.17) is 4.74 Å². The molecular formula is C15H24N4O4. The van der Waals surface area contributed by atoms with Crippen LogP contribution in [0.5, 0.6) is 0 Å². The molecule has 1 fully saturated rings. The van der Waals surface area contributed by atoms with Crippen LogP contribution in [0.2, 0.25) is 0 Å². The van der Waals surface area contributed by atoms with Crippen LogP contribution in [0.25, 0.3) is 0 Å². The summed E-state index contributed by atoms with van der Waals surface area (Å²) in [6, 6.07) is 1.56. The molecule has 0 radical (unpaired) electrons. The number of carbonyl (C=O) groups is 2. The van der Waals surface area contributed by atoms with E-state index in [1.165, 1.54) is 6.26 Å². The predicted molar refractivity (Wildman–Crippen MR) is 83.8 cm³/mol. The van der Waals surface area contributed by atoms with Crippen LogP contribution in [-0.2, 0) is 14.3 Å². The van der Waals surface area contributed by atoms with Gasteiger partial charge in [0, 0.05) is 38.2 Å². The smallest absolute Gasteiger partial charge is 0.245 e. The highest BCUT2D eigenvalue weighted by molar-refractivity contribution is 5.93. The predicted octanol–water partition coefficient (Wildman–Crippen LogP) is 0.430. The van der Waals surface area contributed by atoms with E-state index in [-0.39, 0.29) is 24.3 Å². The van der Waals surface area contributed by atoms with Crippen molar-refractivity contribution >= 4 is 17.6 Å². The molecule has 1 aliphatic rings. The number of hydrogen-bond donors (Lipinski definition) is 1. The molecule has 23 heavy (non-hydrogen) atoms. The van der Waals surface area contributed by atoms with E-state index in [0.29, 0.717) is 25.6 Å². The summed E-state index contributed by atoms with van der Waals surface area (Å²) in [5.74, 6) is -0.122. The molecule has 1 saturated heterocycles. The third kappa shape index (κ3) is 5.65. The molecule has 0 saturated carbocycles. The summed E-state index contributed by atoms with van der Waals surface area (Å²) >= 11 is 0. The number of carbonyl (C=O) groups excluding carboxylic acids is 2. The molecule has 0 unspecified atom stereocenters. The van der Waals surface area contributed by atoms with Crippen molar-refractivity contribution in [2.75, 3.05) is 51.3 Å². The van der Waals surface area contributed by atoms with Crippen LogP contribution in [0, 0.1) is 5.92 Å². The minimum atomic E-state index is -0.283. The van der Waals surface area contributed by atoms with Crippen LogP contribution >= 0.6 is 0 Å². The average Bonchev–Trinajstić information content (AvgIpc) is 3.04. The molecule has 0 atom stereocenters. The van der Waals surface area contributed by atoms with Gasteiger partial charge in [-0.25, -0.2) is 0 Å². The maximum atomic E-state index is 12.3. The topological polar surface area (TPSA) is 87.9 Å². The van der Waals surface area contributed by atoms with Crippen LogP contribution in [0.1, 0.15) is 13.8 Å². The monoisotopic (exact) mass is 324 g/mol. The van der Waals surface area contributed by atoms with Gasteiger partial charge in [-0.1, -0.05) is 19.0 Å². The summed E-state index contributed by atoms with van der Waals surface area (Å²) in [5, 5.41) is 6.24. The van der Waals surface area contributed by atoms with E-state index < -0.39 is 0 Å². The number of ether oxygens (including phenoxy) is 1. The van der Waals surface area contributed by atoms with Crippen molar-refractivity contribution < 1.29 is 18.8 Å². The fourth-order valence-corrected chi connectivity index (χ4v) is 2.35. The van der Waals surface area contributed by atoms with Gasteiger partial charge < -0.3 is 19.5 Å². The zero-order valence-corrected chi connectivity index (χ0v) is 13.7. The Morgan fingerprint density at radius 2 is 2.13 bits per heavy atom. The molecule has 2 amide bonds. The third-order valence-electron chi connectivity index (χ3n) is 3.64. The molecule has 1 aromatic heterocycles. The quantitative estimate of drug-likeness (QED) is 0.782. The number of nitrogens with zero attached hydrogens (tertiary/aromatic N) is 3. The lowest BCUT2D eigenvalue weighted by molar-refractivity contribution is -0.137. The van der Waals surface area contributed by atoms with Crippen molar-refractivity contribution in [3.05, 3.63) is 12.3 Å². The molecule has 2 heterocycles. The van der Waals surface area contributed by atoms with Gasteiger partial charge in [-0.3, -0.25) is 14.5 Å². The molecular weight excluding hydrogens is 300 g/mol. The second kappa shape index (κ2) is 8.64. The Hall–Kier alpha value is -1.93. The molecule has 0 aliphatic carbocycles. The maximum Gasteiger partial charge on any atom is 0.245 e. The lowest BCUT2D eigenvalue weighted by atomic mass is 10.2. The minimum absolute atomic E-state index is 0.00815. The van der Waals surface area contributed by atoms with E-state index >= 15 is 0 Å². The zero-order chi connectivity index (χ0) is 16.7. The highest BCUT2D eigenvalue weighted by Gasteiger charge is 2.21. The van der Waals surface area contributed by atoms with Gasteiger partial charge >= 0.3 is 0 Å². The third-order valence-corrected chi connectivity index (χ3v) is 3.64. The number of aromatic nitrogens is 1. The van der Waals surface area contributed by atoms with E-state index in [9.17, 15) is 9.59 Å². The van der Waals surface area contributed by atoms with Crippen molar-refractivity contribution in [2.45, 2.75) is 13.8 Å². The highest BCUT2D eigenvalue weighted by Crippen LogP contribution is 2.06. The van der Waals surface area contributed by atoms with Gasteiger partial charge in [0.15, 0.2) is 5.82 Å². The summed E-state index contributed by atoms with van der Waals surface area (Å²) in [5.41, 5.74) is 0. The Balaban J connectivity index is 1.87. The number of hydrogen-bond acceptors (Lipinski definition) is 6. The van der Waals surface area contributed by atoms with Crippen molar-refractivity contribution in [1.29, 1.82) is 0 Å². The molecule has 128 valence electrons. The normalized spacial score (nSPS) is 15.6.